The Morgan fingerprint density at radius 3 is 2.36 bits per heavy atom. The van der Waals surface area contributed by atoms with Crippen LogP contribution in [0.5, 0.6) is 0 Å². The lowest BCUT2D eigenvalue weighted by molar-refractivity contribution is -0.149. The molecule has 1 aliphatic carbocycles. The van der Waals surface area contributed by atoms with Crippen LogP contribution in [0.1, 0.15) is 57.9 Å². The summed E-state index contributed by atoms with van der Waals surface area (Å²) < 4.78 is 0. The largest absolute Gasteiger partial charge is 0.481 e. The summed E-state index contributed by atoms with van der Waals surface area (Å²) in [6.07, 6.45) is 2.73. The molecule has 0 saturated heterocycles. The highest BCUT2D eigenvalue weighted by atomic mass is 35.5. The van der Waals surface area contributed by atoms with Gasteiger partial charge in [0, 0.05) is 5.02 Å². The molecule has 1 aliphatic rings. The van der Waals surface area contributed by atoms with Gasteiger partial charge in [-0.05, 0) is 54.7 Å². The van der Waals surface area contributed by atoms with Crippen molar-refractivity contribution in [1.82, 2.24) is 0 Å². The monoisotopic (exact) mass is 324 g/mol. The van der Waals surface area contributed by atoms with Crippen molar-refractivity contribution < 1.29 is 15.0 Å². The van der Waals surface area contributed by atoms with Crippen molar-refractivity contribution in [2.45, 2.75) is 58.0 Å². The molecule has 0 heterocycles. The maximum Gasteiger partial charge on any atom is 0.313 e. The van der Waals surface area contributed by atoms with Crippen molar-refractivity contribution in [2.75, 3.05) is 0 Å². The standard InChI is InChI=1S/C18H25ClO3/c1-17(2,3)13-7-9-18(22,10-8-13)15(16(20)21)12-5-4-6-14(19)11-12/h4-6,11,13,15,22H,7-10H2,1-3H3,(H,20,21). The second-order valence-corrected chi connectivity index (χ2v) is 8.01. The second-order valence-electron chi connectivity index (χ2n) is 7.57. The van der Waals surface area contributed by atoms with Crippen molar-refractivity contribution in [3.8, 4) is 0 Å². The minimum Gasteiger partial charge on any atom is -0.481 e. The molecule has 122 valence electrons. The number of benzene rings is 1. The Bertz CT molecular complexity index is 540. The highest BCUT2D eigenvalue weighted by Crippen LogP contribution is 2.46. The zero-order chi connectivity index (χ0) is 16.5. The molecular weight excluding hydrogens is 300 g/mol. The van der Waals surface area contributed by atoms with Crippen LogP contribution >= 0.6 is 11.6 Å². The molecule has 22 heavy (non-hydrogen) atoms. The fourth-order valence-electron chi connectivity index (χ4n) is 3.64. The number of halogens is 1. The van der Waals surface area contributed by atoms with Gasteiger partial charge in [0.2, 0.25) is 0 Å². The summed E-state index contributed by atoms with van der Waals surface area (Å²) in [5.41, 5.74) is -0.425. The van der Waals surface area contributed by atoms with E-state index in [-0.39, 0.29) is 5.41 Å². The van der Waals surface area contributed by atoms with Crippen molar-refractivity contribution in [3.63, 3.8) is 0 Å². The van der Waals surface area contributed by atoms with Gasteiger partial charge in [-0.25, -0.2) is 0 Å². The summed E-state index contributed by atoms with van der Waals surface area (Å²) in [7, 11) is 0. The Morgan fingerprint density at radius 1 is 1.32 bits per heavy atom. The van der Waals surface area contributed by atoms with Crippen LogP contribution in [0.25, 0.3) is 0 Å². The van der Waals surface area contributed by atoms with Crippen LogP contribution in [-0.2, 0) is 4.79 Å². The summed E-state index contributed by atoms with van der Waals surface area (Å²) in [5, 5.41) is 21.2. The van der Waals surface area contributed by atoms with E-state index in [2.05, 4.69) is 20.8 Å². The lowest BCUT2D eigenvalue weighted by atomic mass is 9.64. The molecule has 0 radical (unpaired) electrons. The van der Waals surface area contributed by atoms with E-state index in [1.165, 1.54) is 0 Å². The fraction of sp³-hybridized carbons (Fsp3) is 0.611. The van der Waals surface area contributed by atoms with Crippen LogP contribution in [-0.4, -0.2) is 21.8 Å². The maximum atomic E-state index is 11.8. The highest BCUT2D eigenvalue weighted by molar-refractivity contribution is 6.30. The molecule has 1 aromatic rings. The Kier molecular flexibility index (Phi) is 4.88. The van der Waals surface area contributed by atoms with E-state index in [4.69, 9.17) is 11.6 Å². The Morgan fingerprint density at radius 2 is 1.91 bits per heavy atom. The molecule has 0 spiro atoms. The second kappa shape index (κ2) is 6.21. The molecule has 4 heteroatoms. The lowest BCUT2D eigenvalue weighted by Gasteiger charge is -2.43. The number of hydrogen-bond acceptors (Lipinski definition) is 2. The van der Waals surface area contributed by atoms with E-state index >= 15 is 0 Å². The highest BCUT2D eigenvalue weighted by Gasteiger charge is 2.46. The van der Waals surface area contributed by atoms with E-state index in [0.717, 1.165) is 12.8 Å². The van der Waals surface area contributed by atoms with Gasteiger partial charge in [-0.15, -0.1) is 0 Å². The Balaban J connectivity index is 2.25. The predicted molar refractivity (Wildman–Crippen MR) is 88.2 cm³/mol. The fourth-order valence-corrected chi connectivity index (χ4v) is 3.84. The van der Waals surface area contributed by atoms with Gasteiger partial charge in [-0.3, -0.25) is 4.79 Å². The third kappa shape index (κ3) is 3.64. The summed E-state index contributed by atoms with van der Waals surface area (Å²) in [6, 6.07) is 6.83. The first-order chi connectivity index (χ1) is 10.1. The number of carbonyl (C=O) groups is 1. The first-order valence-corrected chi connectivity index (χ1v) is 8.22. The quantitative estimate of drug-likeness (QED) is 0.862. The van der Waals surface area contributed by atoms with E-state index < -0.39 is 17.5 Å². The number of aliphatic carboxylic acids is 1. The number of aliphatic hydroxyl groups is 1. The molecular formula is C18H25ClO3. The first-order valence-electron chi connectivity index (χ1n) is 7.84. The maximum absolute atomic E-state index is 11.8. The van der Waals surface area contributed by atoms with Gasteiger partial charge >= 0.3 is 5.97 Å². The van der Waals surface area contributed by atoms with E-state index in [9.17, 15) is 15.0 Å². The number of carboxylic acids is 1. The molecule has 2 N–H and O–H groups in total. The van der Waals surface area contributed by atoms with Gasteiger partial charge < -0.3 is 10.2 Å². The summed E-state index contributed by atoms with van der Waals surface area (Å²) >= 11 is 5.99. The normalized spacial score (nSPS) is 27.4. The zero-order valence-corrected chi connectivity index (χ0v) is 14.2. The Hall–Kier alpha value is -1.06. The summed E-state index contributed by atoms with van der Waals surface area (Å²) in [4.78, 5) is 11.8. The van der Waals surface area contributed by atoms with E-state index in [0.29, 0.717) is 29.3 Å². The van der Waals surface area contributed by atoms with Gasteiger partial charge in [0.25, 0.3) is 0 Å². The molecule has 1 aromatic carbocycles. The lowest BCUT2D eigenvalue weighted by Crippen LogP contribution is -2.45. The minimum absolute atomic E-state index is 0.191. The van der Waals surface area contributed by atoms with E-state index in [1.807, 2.05) is 0 Å². The molecule has 0 bridgehead atoms. The number of rotatable bonds is 3. The van der Waals surface area contributed by atoms with Crippen molar-refractivity contribution >= 4 is 17.6 Å². The van der Waals surface area contributed by atoms with Crippen LogP contribution in [0.3, 0.4) is 0 Å². The van der Waals surface area contributed by atoms with Gasteiger partial charge in [0.05, 0.1) is 5.60 Å². The third-order valence-corrected chi connectivity index (χ3v) is 5.28. The van der Waals surface area contributed by atoms with Crippen molar-refractivity contribution in [2.24, 2.45) is 11.3 Å². The minimum atomic E-state index is -1.20. The van der Waals surface area contributed by atoms with Crippen molar-refractivity contribution in [1.29, 1.82) is 0 Å². The van der Waals surface area contributed by atoms with Gasteiger partial charge in [0.1, 0.15) is 5.92 Å². The average molecular weight is 325 g/mol. The number of hydrogen-bond donors (Lipinski definition) is 2. The summed E-state index contributed by atoms with van der Waals surface area (Å²) in [5.74, 6) is -1.40. The van der Waals surface area contributed by atoms with Gasteiger partial charge in [0.15, 0.2) is 0 Å². The first kappa shape index (κ1) is 17.3. The zero-order valence-electron chi connectivity index (χ0n) is 13.5. The molecule has 1 saturated carbocycles. The van der Waals surface area contributed by atoms with Crippen LogP contribution in [0.4, 0.5) is 0 Å². The molecule has 2 rings (SSSR count). The predicted octanol–water partition coefficient (Wildman–Crippen LogP) is 4.48. The van der Waals surface area contributed by atoms with Crippen molar-refractivity contribution in [3.05, 3.63) is 34.9 Å². The molecule has 0 aliphatic heterocycles. The topological polar surface area (TPSA) is 57.5 Å². The molecule has 0 aromatic heterocycles. The Labute approximate surface area is 137 Å². The van der Waals surface area contributed by atoms with E-state index in [1.54, 1.807) is 24.3 Å². The molecule has 1 atom stereocenters. The molecule has 0 amide bonds. The van der Waals surface area contributed by atoms with Crippen LogP contribution in [0.15, 0.2) is 24.3 Å². The van der Waals surface area contributed by atoms with Gasteiger partial charge in [-0.1, -0.05) is 44.5 Å². The molecule has 3 nitrogen and oxygen atoms in total. The average Bonchev–Trinajstić information content (AvgIpc) is 2.37. The van der Waals surface area contributed by atoms with Gasteiger partial charge in [-0.2, -0.15) is 0 Å². The smallest absolute Gasteiger partial charge is 0.313 e. The molecule has 1 unspecified atom stereocenters. The SMILES string of the molecule is CC(C)(C)C1CCC(O)(C(C(=O)O)c2cccc(Cl)c2)CC1. The van der Waals surface area contributed by atoms with Crippen LogP contribution in [0.2, 0.25) is 5.02 Å². The molecule has 1 fully saturated rings. The number of carboxylic acid groups (broad SMARTS) is 1. The summed E-state index contributed by atoms with van der Waals surface area (Å²) in [6.45, 7) is 6.61. The van der Waals surface area contributed by atoms with Crippen LogP contribution in [0, 0.1) is 11.3 Å². The third-order valence-electron chi connectivity index (χ3n) is 5.04. The van der Waals surface area contributed by atoms with Crippen LogP contribution < -0.4 is 0 Å².